The molecule has 1 aliphatic heterocycles. The van der Waals surface area contributed by atoms with Crippen molar-refractivity contribution in [3.8, 4) is 5.75 Å². The van der Waals surface area contributed by atoms with Gasteiger partial charge in [-0.25, -0.2) is 0 Å². The number of halogens is 1. The molecule has 1 atom stereocenters. The second-order valence-corrected chi connectivity index (χ2v) is 6.96. The van der Waals surface area contributed by atoms with E-state index in [0.29, 0.717) is 23.0 Å². The monoisotopic (exact) mass is 385 g/mol. The van der Waals surface area contributed by atoms with Crippen LogP contribution < -0.4 is 15.0 Å². The van der Waals surface area contributed by atoms with Gasteiger partial charge in [-0.3, -0.25) is 9.20 Å². The van der Waals surface area contributed by atoms with Crippen molar-refractivity contribution in [2.75, 3.05) is 30.4 Å². The summed E-state index contributed by atoms with van der Waals surface area (Å²) in [6.07, 6.45) is 3.69. The van der Waals surface area contributed by atoms with Crippen molar-refractivity contribution in [2.45, 2.75) is 12.8 Å². The summed E-state index contributed by atoms with van der Waals surface area (Å²) >= 11 is 6.14. The number of piperidine rings is 1. The summed E-state index contributed by atoms with van der Waals surface area (Å²) < 4.78 is 7.09. The van der Waals surface area contributed by atoms with Crippen LogP contribution in [-0.2, 0) is 4.79 Å². The topological polar surface area (TPSA) is 71.8 Å². The molecule has 3 heterocycles. The van der Waals surface area contributed by atoms with Gasteiger partial charge in [-0.05, 0) is 43.2 Å². The average Bonchev–Trinajstić information content (AvgIpc) is 3.12. The molecule has 4 rings (SSSR count). The normalized spacial score (nSPS) is 17.1. The predicted molar refractivity (Wildman–Crippen MR) is 105 cm³/mol. The highest BCUT2D eigenvalue weighted by molar-refractivity contribution is 6.32. The third-order valence-electron chi connectivity index (χ3n) is 4.79. The lowest BCUT2D eigenvalue weighted by Crippen LogP contribution is -2.41. The number of anilines is 2. The first-order chi connectivity index (χ1) is 13.2. The zero-order chi connectivity index (χ0) is 18.8. The van der Waals surface area contributed by atoms with Gasteiger partial charge in [0.1, 0.15) is 5.75 Å². The number of hydrogen-bond acceptors (Lipinski definition) is 5. The number of hydrogen-bond donors (Lipinski definition) is 1. The van der Waals surface area contributed by atoms with E-state index in [1.807, 2.05) is 28.8 Å². The number of nitrogens with zero attached hydrogens (tertiary/aromatic N) is 4. The minimum absolute atomic E-state index is 0.0187. The third kappa shape index (κ3) is 3.55. The lowest BCUT2D eigenvalue weighted by Gasteiger charge is -2.32. The quantitative estimate of drug-likeness (QED) is 0.746. The molecule has 0 radical (unpaired) electrons. The molecule has 27 heavy (non-hydrogen) atoms. The average molecular weight is 386 g/mol. The maximum atomic E-state index is 12.8. The molecule has 1 N–H and O–H groups in total. The summed E-state index contributed by atoms with van der Waals surface area (Å²) in [5.41, 5.74) is 1.46. The van der Waals surface area contributed by atoms with Crippen LogP contribution in [0, 0.1) is 5.92 Å². The minimum atomic E-state index is -0.129. The van der Waals surface area contributed by atoms with Crippen LogP contribution in [0.5, 0.6) is 5.75 Å². The second kappa shape index (κ2) is 7.44. The van der Waals surface area contributed by atoms with Gasteiger partial charge < -0.3 is 15.0 Å². The molecule has 0 unspecified atom stereocenters. The molecule has 1 aromatic carbocycles. The van der Waals surface area contributed by atoms with Crippen molar-refractivity contribution >= 4 is 34.8 Å². The standard InChI is InChI=1S/C19H20ClN5O2/c1-27-16-8-7-14(11-15(16)20)21-18(26)13-5-4-9-24(12-13)19-23-22-17-6-2-3-10-25(17)19/h2-3,6-8,10-11,13H,4-5,9,12H2,1H3,(H,21,26)/t13-/m0/s1. The van der Waals surface area contributed by atoms with E-state index in [-0.39, 0.29) is 11.8 Å². The molecule has 2 aromatic heterocycles. The fraction of sp³-hybridized carbons (Fsp3) is 0.316. The van der Waals surface area contributed by atoms with Crippen molar-refractivity contribution < 1.29 is 9.53 Å². The van der Waals surface area contributed by atoms with Crippen LogP contribution in [0.2, 0.25) is 5.02 Å². The predicted octanol–water partition coefficient (Wildman–Crippen LogP) is 3.25. The van der Waals surface area contributed by atoms with Gasteiger partial charge in [0.25, 0.3) is 0 Å². The van der Waals surface area contributed by atoms with Gasteiger partial charge >= 0.3 is 0 Å². The molecule has 140 valence electrons. The molecule has 0 aliphatic carbocycles. The molecule has 3 aromatic rings. The van der Waals surface area contributed by atoms with E-state index < -0.39 is 0 Å². The number of amides is 1. The Kier molecular flexibility index (Phi) is 4.85. The Morgan fingerprint density at radius 1 is 1.30 bits per heavy atom. The van der Waals surface area contributed by atoms with Crippen LogP contribution >= 0.6 is 11.6 Å². The maximum Gasteiger partial charge on any atom is 0.231 e. The van der Waals surface area contributed by atoms with Crippen LogP contribution in [0.3, 0.4) is 0 Å². The van der Waals surface area contributed by atoms with Crippen LogP contribution in [0.1, 0.15) is 12.8 Å². The van der Waals surface area contributed by atoms with Crippen LogP contribution in [0.25, 0.3) is 5.65 Å². The Labute approximate surface area is 161 Å². The minimum Gasteiger partial charge on any atom is -0.495 e. The number of benzene rings is 1. The van der Waals surface area contributed by atoms with Gasteiger partial charge in [0.2, 0.25) is 11.9 Å². The number of methoxy groups -OCH3 is 1. The van der Waals surface area contributed by atoms with Crippen molar-refractivity contribution in [3.05, 3.63) is 47.6 Å². The smallest absolute Gasteiger partial charge is 0.231 e. The van der Waals surface area contributed by atoms with Gasteiger partial charge in [-0.1, -0.05) is 17.7 Å². The first-order valence-corrected chi connectivity index (χ1v) is 9.22. The molecular weight excluding hydrogens is 366 g/mol. The molecule has 1 amide bonds. The lowest BCUT2D eigenvalue weighted by atomic mass is 9.97. The largest absolute Gasteiger partial charge is 0.495 e. The number of aromatic nitrogens is 3. The van der Waals surface area contributed by atoms with Crippen molar-refractivity contribution in [3.63, 3.8) is 0 Å². The molecule has 8 heteroatoms. The Morgan fingerprint density at radius 2 is 2.19 bits per heavy atom. The molecule has 1 fully saturated rings. The van der Waals surface area contributed by atoms with E-state index in [4.69, 9.17) is 16.3 Å². The van der Waals surface area contributed by atoms with Gasteiger partial charge in [-0.2, -0.15) is 0 Å². The molecule has 0 spiro atoms. The zero-order valence-corrected chi connectivity index (χ0v) is 15.7. The van der Waals surface area contributed by atoms with Gasteiger partial charge in [0, 0.05) is 25.0 Å². The van der Waals surface area contributed by atoms with E-state index in [9.17, 15) is 4.79 Å². The fourth-order valence-electron chi connectivity index (χ4n) is 3.41. The molecule has 0 saturated carbocycles. The summed E-state index contributed by atoms with van der Waals surface area (Å²) in [5.74, 6) is 1.21. The third-order valence-corrected chi connectivity index (χ3v) is 5.09. The highest BCUT2D eigenvalue weighted by Crippen LogP contribution is 2.28. The van der Waals surface area contributed by atoms with Crippen LogP contribution in [0.4, 0.5) is 11.6 Å². The Morgan fingerprint density at radius 3 is 3.00 bits per heavy atom. The van der Waals surface area contributed by atoms with Crippen molar-refractivity contribution in [1.29, 1.82) is 0 Å². The Balaban J connectivity index is 1.48. The molecule has 1 aliphatic rings. The summed E-state index contributed by atoms with van der Waals surface area (Å²) in [5, 5.41) is 11.9. The van der Waals surface area contributed by atoms with Gasteiger partial charge in [0.05, 0.1) is 18.1 Å². The molecular formula is C19H20ClN5O2. The van der Waals surface area contributed by atoms with Crippen LogP contribution in [-0.4, -0.2) is 40.7 Å². The number of carbonyl (C=O) groups is 1. The van der Waals surface area contributed by atoms with E-state index in [1.165, 1.54) is 0 Å². The van der Waals surface area contributed by atoms with E-state index in [2.05, 4.69) is 20.4 Å². The maximum absolute atomic E-state index is 12.8. The summed E-state index contributed by atoms with van der Waals surface area (Å²) in [6.45, 7) is 1.46. The Bertz CT molecular complexity index is 974. The van der Waals surface area contributed by atoms with E-state index in [0.717, 1.165) is 31.0 Å². The van der Waals surface area contributed by atoms with Crippen LogP contribution in [0.15, 0.2) is 42.6 Å². The molecule has 7 nitrogen and oxygen atoms in total. The fourth-order valence-corrected chi connectivity index (χ4v) is 3.66. The lowest BCUT2D eigenvalue weighted by molar-refractivity contribution is -0.120. The number of rotatable bonds is 4. The number of pyridine rings is 1. The second-order valence-electron chi connectivity index (χ2n) is 6.55. The van der Waals surface area contributed by atoms with Crippen molar-refractivity contribution in [1.82, 2.24) is 14.6 Å². The highest BCUT2D eigenvalue weighted by Gasteiger charge is 2.28. The SMILES string of the molecule is COc1ccc(NC(=O)[C@H]2CCCN(c3nnc4ccccn34)C2)cc1Cl. The summed E-state index contributed by atoms with van der Waals surface area (Å²) in [6, 6.07) is 11.0. The molecule has 1 saturated heterocycles. The highest BCUT2D eigenvalue weighted by atomic mass is 35.5. The number of fused-ring (bicyclic) bond motifs is 1. The molecule has 0 bridgehead atoms. The van der Waals surface area contributed by atoms with Crippen molar-refractivity contribution in [2.24, 2.45) is 5.92 Å². The first-order valence-electron chi connectivity index (χ1n) is 8.85. The van der Waals surface area contributed by atoms with Gasteiger partial charge in [0.15, 0.2) is 5.65 Å². The van der Waals surface area contributed by atoms with Gasteiger partial charge in [-0.15, -0.1) is 10.2 Å². The Hall–Kier alpha value is -2.80. The first kappa shape index (κ1) is 17.6. The number of carbonyl (C=O) groups excluding carboxylic acids is 1. The summed E-state index contributed by atoms with van der Waals surface area (Å²) in [4.78, 5) is 14.9. The van der Waals surface area contributed by atoms with E-state index in [1.54, 1.807) is 25.3 Å². The van der Waals surface area contributed by atoms with E-state index >= 15 is 0 Å². The number of ether oxygens (including phenoxy) is 1. The number of nitrogens with one attached hydrogen (secondary N) is 1. The summed E-state index contributed by atoms with van der Waals surface area (Å²) in [7, 11) is 1.56. The zero-order valence-electron chi connectivity index (χ0n) is 14.9.